The second-order valence-electron chi connectivity index (χ2n) is 5.21. The van der Waals surface area contributed by atoms with Gasteiger partial charge in [-0.25, -0.2) is 0 Å². The molecule has 0 amide bonds. The van der Waals surface area contributed by atoms with Crippen molar-refractivity contribution < 1.29 is 0 Å². The van der Waals surface area contributed by atoms with Gasteiger partial charge in [0.2, 0.25) is 0 Å². The fourth-order valence-electron chi connectivity index (χ4n) is 3.07. The molecule has 0 aliphatic heterocycles. The van der Waals surface area contributed by atoms with E-state index in [-0.39, 0.29) is 0 Å². The molecule has 2 aliphatic carbocycles. The van der Waals surface area contributed by atoms with Gasteiger partial charge in [0.25, 0.3) is 0 Å². The maximum absolute atomic E-state index is 3.89. The molecule has 0 aromatic rings. The molecule has 2 aliphatic rings. The van der Waals surface area contributed by atoms with Crippen LogP contribution in [0.2, 0.25) is 0 Å². The van der Waals surface area contributed by atoms with E-state index in [1.807, 2.05) is 0 Å². The number of nitrogens with one attached hydrogen (secondary N) is 1. The van der Waals surface area contributed by atoms with Crippen LogP contribution in [-0.4, -0.2) is 23.6 Å². The molecular formula is C13H25NS. The maximum atomic E-state index is 3.89. The first-order valence-electron chi connectivity index (χ1n) is 6.67. The van der Waals surface area contributed by atoms with Crippen LogP contribution in [0.4, 0.5) is 0 Å². The third-order valence-corrected chi connectivity index (χ3v) is 5.22. The molecule has 0 unspecified atom stereocenters. The van der Waals surface area contributed by atoms with Crippen LogP contribution in [0.25, 0.3) is 0 Å². The van der Waals surface area contributed by atoms with Crippen molar-refractivity contribution in [2.45, 2.75) is 75.1 Å². The van der Waals surface area contributed by atoms with Crippen LogP contribution in [0.15, 0.2) is 0 Å². The van der Waals surface area contributed by atoms with Gasteiger partial charge in [0, 0.05) is 17.3 Å². The van der Waals surface area contributed by atoms with Gasteiger partial charge in [-0.1, -0.05) is 19.3 Å². The highest BCUT2D eigenvalue weighted by Crippen LogP contribution is 2.28. The van der Waals surface area contributed by atoms with Crippen molar-refractivity contribution in [3.8, 4) is 0 Å². The van der Waals surface area contributed by atoms with Crippen LogP contribution in [0.1, 0.15) is 57.8 Å². The zero-order chi connectivity index (χ0) is 10.5. The van der Waals surface area contributed by atoms with Crippen molar-refractivity contribution in [1.82, 2.24) is 5.32 Å². The molecular weight excluding hydrogens is 202 g/mol. The Hall–Kier alpha value is 0.310. The Kier molecular flexibility index (Phi) is 4.83. The summed E-state index contributed by atoms with van der Waals surface area (Å²) >= 11 is 2.07. The zero-order valence-corrected chi connectivity index (χ0v) is 10.8. The molecule has 2 saturated carbocycles. The summed E-state index contributed by atoms with van der Waals surface area (Å²) in [6, 6.07) is 1.70. The lowest BCUT2D eigenvalue weighted by Gasteiger charge is -2.33. The van der Waals surface area contributed by atoms with Crippen LogP contribution in [-0.2, 0) is 0 Å². The minimum atomic E-state index is 0.844. The van der Waals surface area contributed by atoms with Gasteiger partial charge in [-0.05, 0) is 44.8 Å². The molecule has 0 saturated heterocycles. The fraction of sp³-hybridized carbons (Fsp3) is 1.00. The minimum Gasteiger partial charge on any atom is -0.311 e. The first kappa shape index (κ1) is 11.8. The third-order valence-electron chi connectivity index (χ3n) is 4.08. The Labute approximate surface area is 98.8 Å². The normalized spacial score (nSPS) is 34.2. The monoisotopic (exact) mass is 227 g/mol. The first-order valence-corrected chi connectivity index (χ1v) is 7.96. The summed E-state index contributed by atoms with van der Waals surface area (Å²) in [5, 5.41) is 4.85. The second-order valence-corrected chi connectivity index (χ2v) is 6.35. The number of thioether (sulfide) groups is 1. The van der Waals surface area contributed by atoms with Crippen molar-refractivity contribution in [1.29, 1.82) is 0 Å². The number of hydrogen-bond acceptors (Lipinski definition) is 2. The lowest BCUT2D eigenvalue weighted by Crippen LogP contribution is -2.41. The molecule has 0 atom stereocenters. The van der Waals surface area contributed by atoms with Crippen molar-refractivity contribution in [2.24, 2.45) is 0 Å². The van der Waals surface area contributed by atoms with Crippen LogP contribution >= 0.6 is 11.8 Å². The van der Waals surface area contributed by atoms with E-state index < -0.39 is 0 Å². The SMILES string of the molecule is CSC1CCC(NC2CCCCC2)CC1. The zero-order valence-electron chi connectivity index (χ0n) is 10.0. The van der Waals surface area contributed by atoms with Gasteiger partial charge >= 0.3 is 0 Å². The largest absolute Gasteiger partial charge is 0.311 e. The fourth-order valence-corrected chi connectivity index (χ4v) is 3.81. The summed E-state index contributed by atoms with van der Waals surface area (Å²) in [4.78, 5) is 0. The highest BCUT2D eigenvalue weighted by molar-refractivity contribution is 7.99. The van der Waals surface area contributed by atoms with Crippen molar-refractivity contribution >= 4 is 11.8 Å². The summed E-state index contributed by atoms with van der Waals surface area (Å²) < 4.78 is 0. The molecule has 2 rings (SSSR count). The lowest BCUT2D eigenvalue weighted by molar-refractivity contribution is 0.294. The predicted octanol–water partition coefficient (Wildman–Crippen LogP) is 3.58. The standard InChI is InChI=1S/C13H25NS/c1-15-13-9-7-12(8-10-13)14-11-5-3-2-4-6-11/h11-14H,2-10H2,1H3. The van der Waals surface area contributed by atoms with Gasteiger partial charge < -0.3 is 5.32 Å². The highest BCUT2D eigenvalue weighted by atomic mass is 32.2. The molecule has 1 N–H and O–H groups in total. The van der Waals surface area contributed by atoms with E-state index >= 15 is 0 Å². The van der Waals surface area contributed by atoms with Gasteiger partial charge in [0.1, 0.15) is 0 Å². The van der Waals surface area contributed by atoms with Gasteiger partial charge in [-0.15, -0.1) is 0 Å². The Morgan fingerprint density at radius 2 is 1.40 bits per heavy atom. The average Bonchev–Trinajstić information content (AvgIpc) is 2.31. The lowest BCUT2D eigenvalue weighted by atomic mass is 9.91. The summed E-state index contributed by atoms with van der Waals surface area (Å²) in [6.07, 6.45) is 15.2. The molecule has 2 heteroatoms. The van der Waals surface area contributed by atoms with E-state index in [2.05, 4.69) is 23.3 Å². The molecule has 88 valence electrons. The topological polar surface area (TPSA) is 12.0 Å². The summed E-state index contributed by atoms with van der Waals surface area (Å²) in [6.45, 7) is 0. The highest BCUT2D eigenvalue weighted by Gasteiger charge is 2.23. The molecule has 0 heterocycles. The minimum absolute atomic E-state index is 0.844. The Morgan fingerprint density at radius 1 is 0.800 bits per heavy atom. The molecule has 0 radical (unpaired) electrons. The summed E-state index contributed by atoms with van der Waals surface area (Å²) in [5.41, 5.74) is 0. The van der Waals surface area contributed by atoms with Crippen molar-refractivity contribution in [3.63, 3.8) is 0 Å². The summed E-state index contributed by atoms with van der Waals surface area (Å²) in [5.74, 6) is 0. The van der Waals surface area contributed by atoms with Gasteiger partial charge in [0.05, 0.1) is 0 Å². The molecule has 2 fully saturated rings. The van der Waals surface area contributed by atoms with Crippen LogP contribution < -0.4 is 5.32 Å². The summed E-state index contributed by atoms with van der Waals surface area (Å²) in [7, 11) is 0. The van der Waals surface area contributed by atoms with Gasteiger partial charge in [-0.3, -0.25) is 0 Å². The third kappa shape index (κ3) is 3.67. The Balaban J connectivity index is 1.67. The molecule has 15 heavy (non-hydrogen) atoms. The molecule has 0 aromatic carbocycles. The molecule has 0 spiro atoms. The first-order chi connectivity index (χ1) is 7.38. The van der Waals surface area contributed by atoms with Gasteiger partial charge in [-0.2, -0.15) is 11.8 Å². The van der Waals surface area contributed by atoms with Crippen molar-refractivity contribution in [2.75, 3.05) is 6.26 Å². The van der Waals surface area contributed by atoms with E-state index in [4.69, 9.17) is 0 Å². The number of rotatable bonds is 3. The van der Waals surface area contributed by atoms with Crippen LogP contribution in [0, 0.1) is 0 Å². The molecule has 0 bridgehead atoms. The van der Waals surface area contributed by atoms with Crippen LogP contribution in [0.3, 0.4) is 0 Å². The molecule has 1 nitrogen and oxygen atoms in total. The number of hydrogen-bond donors (Lipinski definition) is 1. The van der Waals surface area contributed by atoms with E-state index in [1.54, 1.807) is 0 Å². The predicted molar refractivity (Wildman–Crippen MR) is 69.6 cm³/mol. The Bertz CT molecular complexity index is 169. The van der Waals surface area contributed by atoms with E-state index in [9.17, 15) is 0 Å². The smallest absolute Gasteiger partial charge is 0.00704 e. The quantitative estimate of drug-likeness (QED) is 0.791. The second kappa shape index (κ2) is 6.15. The maximum Gasteiger partial charge on any atom is 0.00704 e. The van der Waals surface area contributed by atoms with E-state index in [0.717, 1.165) is 17.3 Å². The average molecular weight is 227 g/mol. The van der Waals surface area contributed by atoms with Gasteiger partial charge in [0.15, 0.2) is 0 Å². The van der Waals surface area contributed by atoms with E-state index in [1.165, 1.54) is 57.8 Å². The molecule has 0 aromatic heterocycles. The Morgan fingerprint density at radius 3 is 2.00 bits per heavy atom. The van der Waals surface area contributed by atoms with E-state index in [0.29, 0.717) is 0 Å². The van der Waals surface area contributed by atoms with Crippen LogP contribution in [0.5, 0.6) is 0 Å². The van der Waals surface area contributed by atoms with Crippen molar-refractivity contribution in [3.05, 3.63) is 0 Å².